The lowest BCUT2D eigenvalue weighted by Crippen LogP contribution is -2.44. The van der Waals surface area contributed by atoms with Gasteiger partial charge in [0.05, 0.1) is 34.4 Å². The molecular formula is C26H29N5O. The highest BCUT2D eigenvalue weighted by Gasteiger charge is 2.49. The molecule has 1 saturated carbocycles. The Morgan fingerprint density at radius 1 is 0.969 bits per heavy atom. The van der Waals surface area contributed by atoms with Crippen molar-refractivity contribution in [3.63, 3.8) is 0 Å². The monoisotopic (exact) mass is 427 g/mol. The quantitative estimate of drug-likeness (QED) is 0.685. The summed E-state index contributed by atoms with van der Waals surface area (Å²) in [6.45, 7) is 3.99. The molecular weight excluding hydrogens is 398 g/mol. The van der Waals surface area contributed by atoms with Crippen LogP contribution in [-0.4, -0.2) is 53.8 Å². The molecule has 0 radical (unpaired) electrons. The summed E-state index contributed by atoms with van der Waals surface area (Å²) < 4.78 is 2.00. The summed E-state index contributed by atoms with van der Waals surface area (Å²) in [5, 5.41) is 7.94. The molecule has 3 aliphatic rings. The topological polar surface area (TPSA) is 53.4 Å². The number of nitrogens with zero attached hydrogens (tertiary/aromatic N) is 4. The number of carbonyl (C=O) groups is 1. The SMILES string of the molecule is CN1CCN(c2cc(-c3ccnn3-c3ccccc3)cc3c2NC(=O)C32CCCC2)CC1. The highest BCUT2D eigenvalue weighted by Crippen LogP contribution is 2.53. The van der Waals surface area contributed by atoms with Crippen molar-refractivity contribution in [2.45, 2.75) is 31.1 Å². The minimum atomic E-state index is -0.371. The van der Waals surface area contributed by atoms with E-state index in [1.54, 1.807) is 0 Å². The van der Waals surface area contributed by atoms with Crippen LogP contribution in [0.25, 0.3) is 16.9 Å². The molecule has 1 aliphatic carbocycles. The van der Waals surface area contributed by atoms with E-state index in [4.69, 9.17) is 0 Å². The van der Waals surface area contributed by atoms with E-state index in [1.807, 2.05) is 29.1 Å². The molecule has 1 saturated heterocycles. The number of anilines is 2. The summed E-state index contributed by atoms with van der Waals surface area (Å²) in [4.78, 5) is 18.1. The van der Waals surface area contributed by atoms with Gasteiger partial charge in [-0.1, -0.05) is 31.0 Å². The summed E-state index contributed by atoms with van der Waals surface area (Å²) in [5.74, 6) is 0.189. The van der Waals surface area contributed by atoms with Crippen molar-refractivity contribution in [1.82, 2.24) is 14.7 Å². The standard InChI is InChI=1S/C26H29N5O/c1-29-13-15-30(16-14-29)23-18-19(22-9-12-27-31(22)20-7-3-2-4-8-20)17-21-24(23)28-25(32)26(21)10-5-6-11-26/h2-4,7-9,12,17-18H,5-6,10-11,13-16H2,1H3,(H,28,32). The zero-order valence-electron chi connectivity index (χ0n) is 18.6. The van der Waals surface area contributed by atoms with Crippen LogP contribution in [0.1, 0.15) is 31.2 Å². The Bertz CT molecular complexity index is 1150. The number of hydrogen-bond donors (Lipinski definition) is 1. The number of para-hydroxylation sites is 1. The van der Waals surface area contributed by atoms with Crippen LogP contribution in [0.3, 0.4) is 0 Å². The third kappa shape index (κ3) is 2.97. The van der Waals surface area contributed by atoms with E-state index in [1.165, 1.54) is 5.56 Å². The van der Waals surface area contributed by atoms with Gasteiger partial charge in [0.25, 0.3) is 0 Å². The Kier molecular flexibility index (Phi) is 4.57. The second-order valence-corrected chi connectivity index (χ2v) is 9.42. The van der Waals surface area contributed by atoms with E-state index in [-0.39, 0.29) is 11.3 Å². The van der Waals surface area contributed by atoms with Gasteiger partial charge in [-0.15, -0.1) is 0 Å². The van der Waals surface area contributed by atoms with Gasteiger partial charge in [0.2, 0.25) is 5.91 Å². The van der Waals surface area contributed by atoms with Crippen LogP contribution in [0.5, 0.6) is 0 Å². The second-order valence-electron chi connectivity index (χ2n) is 9.42. The van der Waals surface area contributed by atoms with Crippen molar-refractivity contribution >= 4 is 17.3 Å². The van der Waals surface area contributed by atoms with Gasteiger partial charge in [0.1, 0.15) is 0 Å². The summed E-state index contributed by atoms with van der Waals surface area (Å²) in [6, 6.07) is 16.8. The third-order valence-corrected chi connectivity index (χ3v) is 7.55. The van der Waals surface area contributed by atoms with Gasteiger partial charge >= 0.3 is 0 Å². The van der Waals surface area contributed by atoms with Crippen LogP contribution in [-0.2, 0) is 10.2 Å². The molecule has 1 spiro atoms. The molecule has 1 N–H and O–H groups in total. The molecule has 6 nitrogen and oxygen atoms in total. The van der Waals surface area contributed by atoms with Gasteiger partial charge in [0.15, 0.2) is 0 Å². The fourth-order valence-corrected chi connectivity index (χ4v) is 5.71. The third-order valence-electron chi connectivity index (χ3n) is 7.55. The molecule has 6 heteroatoms. The fraction of sp³-hybridized carbons (Fsp3) is 0.385. The van der Waals surface area contributed by atoms with E-state index in [2.05, 4.69) is 57.6 Å². The highest BCUT2D eigenvalue weighted by molar-refractivity contribution is 6.10. The van der Waals surface area contributed by atoms with Crippen LogP contribution >= 0.6 is 0 Å². The Hall–Kier alpha value is -3.12. The number of amides is 1. The van der Waals surface area contributed by atoms with Gasteiger partial charge in [-0.05, 0) is 55.8 Å². The van der Waals surface area contributed by atoms with Crippen LogP contribution in [0.15, 0.2) is 54.7 Å². The maximum atomic E-state index is 13.3. The van der Waals surface area contributed by atoms with Crippen molar-refractivity contribution in [1.29, 1.82) is 0 Å². The number of aromatic nitrogens is 2. The Morgan fingerprint density at radius 2 is 1.72 bits per heavy atom. The molecule has 1 aromatic heterocycles. The van der Waals surface area contributed by atoms with Gasteiger partial charge in [-0.2, -0.15) is 5.10 Å². The molecule has 2 aromatic carbocycles. The number of nitrogens with one attached hydrogen (secondary N) is 1. The van der Waals surface area contributed by atoms with E-state index >= 15 is 0 Å². The predicted octanol–water partition coefficient (Wildman–Crippen LogP) is 4.06. The molecule has 3 heterocycles. The Morgan fingerprint density at radius 3 is 2.47 bits per heavy atom. The largest absolute Gasteiger partial charge is 0.367 e. The van der Waals surface area contributed by atoms with Crippen molar-refractivity contribution in [2.75, 3.05) is 43.4 Å². The predicted molar refractivity (Wildman–Crippen MR) is 127 cm³/mol. The van der Waals surface area contributed by atoms with Gasteiger partial charge in [-0.3, -0.25) is 4.79 Å². The van der Waals surface area contributed by atoms with Crippen LogP contribution < -0.4 is 10.2 Å². The molecule has 2 fully saturated rings. The normalized spacial score (nSPS) is 20.0. The molecule has 32 heavy (non-hydrogen) atoms. The van der Waals surface area contributed by atoms with Crippen LogP contribution in [0, 0.1) is 0 Å². The smallest absolute Gasteiger partial charge is 0.235 e. The molecule has 6 rings (SSSR count). The molecule has 1 amide bonds. The number of carbonyl (C=O) groups excluding carboxylic acids is 1. The van der Waals surface area contributed by atoms with E-state index in [9.17, 15) is 4.79 Å². The minimum absolute atomic E-state index is 0.189. The summed E-state index contributed by atoms with van der Waals surface area (Å²) >= 11 is 0. The fourth-order valence-electron chi connectivity index (χ4n) is 5.71. The number of hydrogen-bond acceptors (Lipinski definition) is 4. The zero-order valence-corrected chi connectivity index (χ0v) is 18.6. The van der Waals surface area contributed by atoms with E-state index in [0.717, 1.165) is 80.2 Å². The average molecular weight is 428 g/mol. The number of piperazine rings is 1. The van der Waals surface area contributed by atoms with E-state index in [0.29, 0.717) is 0 Å². The van der Waals surface area contributed by atoms with Gasteiger partial charge in [-0.25, -0.2) is 4.68 Å². The maximum Gasteiger partial charge on any atom is 0.235 e. The maximum absolute atomic E-state index is 13.3. The number of fused-ring (bicyclic) bond motifs is 2. The number of rotatable bonds is 3. The first-order valence-corrected chi connectivity index (χ1v) is 11.7. The average Bonchev–Trinajstić information content (AvgIpc) is 3.56. The van der Waals surface area contributed by atoms with Crippen molar-refractivity contribution in [3.8, 4) is 16.9 Å². The number of likely N-dealkylation sites (N-methyl/N-ethyl adjacent to an activating group) is 1. The van der Waals surface area contributed by atoms with Crippen LogP contribution in [0.2, 0.25) is 0 Å². The van der Waals surface area contributed by atoms with Crippen molar-refractivity contribution in [2.24, 2.45) is 0 Å². The molecule has 3 aromatic rings. The Labute approximate surface area is 188 Å². The lowest BCUT2D eigenvalue weighted by Gasteiger charge is -2.35. The molecule has 0 unspecified atom stereocenters. The lowest BCUT2D eigenvalue weighted by atomic mass is 9.79. The summed E-state index contributed by atoms with van der Waals surface area (Å²) in [7, 11) is 2.17. The first-order chi connectivity index (χ1) is 15.7. The highest BCUT2D eigenvalue weighted by atomic mass is 16.2. The first kappa shape index (κ1) is 19.6. The van der Waals surface area contributed by atoms with Gasteiger partial charge < -0.3 is 15.1 Å². The number of benzene rings is 2. The Balaban J connectivity index is 1.52. The van der Waals surface area contributed by atoms with Gasteiger partial charge in [0, 0.05) is 31.7 Å². The van der Waals surface area contributed by atoms with E-state index < -0.39 is 0 Å². The molecule has 2 aliphatic heterocycles. The molecule has 0 bridgehead atoms. The lowest BCUT2D eigenvalue weighted by molar-refractivity contribution is -0.120. The van der Waals surface area contributed by atoms with Crippen molar-refractivity contribution < 1.29 is 4.79 Å². The molecule has 0 atom stereocenters. The first-order valence-electron chi connectivity index (χ1n) is 11.7. The van der Waals surface area contributed by atoms with Crippen molar-refractivity contribution in [3.05, 3.63) is 60.3 Å². The molecule has 164 valence electrons. The summed E-state index contributed by atoms with van der Waals surface area (Å²) in [6.07, 6.45) is 5.97. The zero-order chi connectivity index (χ0) is 21.7. The van der Waals surface area contributed by atoms with Crippen LogP contribution in [0.4, 0.5) is 11.4 Å². The minimum Gasteiger partial charge on any atom is -0.367 e. The summed E-state index contributed by atoms with van der Waals surface area (Å²) in [5.41, 5.74) is 6.24. The second kappa shape index (κ2) is 7.48.